The number of aromatic nitrogens is 1. The van der Waals surface area contributed by atoms with Crippen LogP contribution in [0.25, 0.3) is 0 Å². The number of rotatable bonds is 3. The summed E-state index contributed by atoms with van der Waals surface area (Å²) in [6, 6.07) is 6.56. The van der Waals surface area contributed by atoms with E-state index in [1.807, 2.05) is 13.3 Å². The first-order valence-corrected chi connectivity index (χ1v) is 8.07. The van der Waals surface area contributed by atoms with Crippen LogP contribution in [-0.2, 0) is 0 Å². The number of aryl methyl sites for hydroxylation is 1. The summed E-state index contributed by atoms with van der Waals surface area (Å²) in [7, 11) is -0.510. The van der Waals surface area contributed by atoms with E-state index in [0.717, 1.165) is 10.9 Å². The van der Waals surface area contributed by atoms with Gasteiger partial charge in [0, 0.05) is 11.5 Å². The Morgan fingerprint density at radius 2 is 1.89 bits per heavy atom. The average molecular weight is 280 g/mol. The number of anilines is 2. The van der Waals surface area contributed by atoms with Gasteiger partial charge in [0.05, 0.1) is 5.69 Å². The fourth-order valence-electron chi connectivity index (χ4n) is 1.77. The fourth-order valence-corrected chi connectivity index (χ4v) is 2.73. The van der Waals surface area contributed by atoms with E-state index in [0.29, 0.717) is 0 Å². The molecule has 0 saturated carbocycles. The second-order valence-corrected chi connectivity index (χ2v) is 6.77. The Hall–Kier alpha value is -1.54. The van der Waals surface area contributed by atoms with Gasteiger partial charge in [-0.15, -0.1) is 0 Å². The van der Waals surface area contributed by atoms with Crippen molar-refractivity contribution in [3.8, 4) is 0 Å². The number of halogens is 2. The number of nitrogens with one attached hydrogen (secondary N) is 1. The van der Waals surface area contributed by atoms with Gasteiger partial charge in [-0.1, -0.05) is 14.0 Å². The quantitative estimate of drug-likeness (QED) is 0.683. The lowest BCUT2D eigenvalue weighted by Crippen LogP contribution is -2.11. The van der Waals surface area contributed by atoms with E-state index < -0.39 is 19.7 Å². The van der Waals surface area contributed by atoms with Crippen molar-refractivity contribution in [2.75, 3.05) is 18.6 Å². The smallest absolute Gasteiger partial charge is 0.237 e. The third-order valence-electron chi connectivity index (χ3n) is 2.75. The molecule has 0 aliphatic carbocycles. The molecule has 0 atom stereocenters. The Morgan fingerprint density at radius 3 is 2.53 bits per heavy atom. The van der Waals surface area contributed by atoms with Gasteiger partial charge in [-0.3, -0.25) is 0 Å². The van der Waals surface area contributed by atoms with Crippen LogP contribution >= 0.6 is 7.92 Å². The molecule has 5 heteroatoms. The zero-order valence-corrected chi connectivity index (χ0v) is 11.9. The summed E-state index contributed by atoms with van der Waals surface area (Å²) < 4.78 is 27.6. The Balaban J connectivity index is 2.43. The summed E-state index contributed by atoms with van der Waals surface area (Å²) in [6.45, 7) is 5.84. The average Bonchev–Trinajstić information content (AvgIpc) is 2.34. The molecular formula is C14H15F2N2P. The molecule has 0 saturated heterocycles. The normalized spacial score (nSPS) is 10.8. The van der Waals surface area contributed by atoms with E-state index >= 15 is 0 Å². The van der Waals surface area contributed by atoms with Crippen LogP contribution in [0.1, 0.15) is 5.56 Å². The zero-order chi connectivity index (χ0) is 14.0. The third kappa shape index (κ3) is 3.07. The van der Waals surface area contributed by atoms with E-state index in [1.165, 1.54) is 12.3 Å². The fraction of sp³-hybridized carbons (Fsp3) is 0.214. The molecule has 1 aromatic carbocycles. The van der Waals surface area contributed by atoms with Crippen molar-refractivity contribution >= 4 is 24.6 Å². The van der Waals surface area contributed by atoms with Gasteiger partial charge >= 0.3 is 0 Å². The zero-order valence-electron chi connectivity index (χ0n) is 11.0. The predicted molar refractivity (Wildman–Crippen MR) is 77.0 cm³/mol. The standard InChI is InChI=1S/C14H15F2N2P/c1-9-4-5-11(10(15)8-9)18-13-12(19(2)3)6-7-17-14(13)16/h4-8,18H,1-3H3. The lowest BCUT2D eigenvalue weighted by Gasteiger charge is -2.15. The summed E-state index contributed by atoms with van der Waals surface area (Å²) in [6.07, 6.45) is 1.43. The minimum atomic E-state index is -0.603. The van der Waals surface area contributed by atoms with Crippen LogP contribution in [-0.4, -0.2) is 18.3 Å². The highest BCUT2D eigenvalue weighted by atomic mass is 31.1. The van der Waals surface area contributed by atoms with Crippen molar-refractivity contribution in [3.05, 3.63) is 47.8 Å². The van der Waals surface area contributed by atoms with Crippen molar-refractivity contribution in [2.45, 2.75) is 6.92 Å². The number of hydrogen-bond acceptors (Lipinski definition) is 2. The third-order valence-corrected chi connectivity index (χ3v) is 4.09. The molecule has 1 heterocycles. The second-order valence-electron chi connectivity index (χ2n) is 4.50. The molecule has 0 radical (unpaired) electrons. The highest BCUT2D eigenvalue weighted by molar-refractivity contribution is 7.64. The van der Waals surface area contributed by atoms with E-state index in [-0.39, 0.29) is 11.4 Å². The van der Waals surface area contributed by atoms with Crippen LogP contribution in [0.15, 0.2) is 30.5 Å². The lowest BCUT2D eigenvalue weighted by atomic mass is 10.2. The maximum Gasteiger partial charge on any atom is 0.237 e. The van der Waals surface area contributed by atoms with Crippen molar-refractivity contribution in [1.82, 2.24) is 4.98 Å². The highest BCUT2D eigenvalue weighted by Crippen LogP contribution is 2.31. The molecule has 1 aromatic heterocycles. The van der Waals surface area contributed by atoms with Gasteiger partial charge in [0.1, 0.15) is 11.5 Å². The van der Waals surface area contributed by atoms with Crippen LogP contribution < -0.4 is 10.6 Å². The first-order chi connectivity index (χ1) is 8.99. The Labute approximate surface area is 112 Å². The highest BCUT2D eigenvalue weighted by Gasteiger charge is 2.14. The minimum absolute atomic E-state index is 0.260. The summed E-state index contributed by atoms with van der Waals surface area (Å²) in [5, 5.41) is 3.66. The van der Waals surface area contributed by atoms with Crippen molar-refractivity contribution < 1.29 is 8.78 Å². The molecule has 0 spiro atoms. The van der Waals surface area contributed by atoms with Crippen molar-refractivity contribution in [2.24, 2.45) is 0 Å². The van der Waals surface area contributed by atoms with Gasteiger partial charge in [0.25, 0.3) is 0 Å². The molecule has 2 rings (SSSR count). The largest absolute Gasteiger partial charge is 0.349 e. The maximum atomic E-state index is 13.8. The van der Waals surface area contributed by atoms with Gasteiger partial charge in [-0.05, 0) is 44.0 Å². The van der Waals surface area contributed by atoms with Crippen LogP contribution in [0, 0.1) is 18.7 Å². The SMILES string of the molecule is Cc1ccc(Nc2c(P(C)C)ccnc2F)c(F)c1. The summed E-state index contributed by atoms with van der Waals surface area (Å²) in [4.78, 5) is 3.62. The molecule has 0 unspecified atom stereocenters. The molecule has 19 heavy (non-hydrogen) atoms. The molecule has 100 valence electrons. The van der Waals surface area contributed by atoms with Gasteiger partial charge in [-0.2, -0.15) is 4.39 Å². The molecule has 2 aromatic rings. The van der Waals surface area contributed by atoms with Crippen molar-refractivity contribution in [3.63, 3.8) is 0 Å². The molecule has 0 aliphatic rings. The lowest BCUT2D eigenvalue weighted by molar-refractivity contribution is 0.588. The van der Waals surface area contributed by atoms with Crippen LogP contribution in [0.3, 0.4) is 0 Å². The van der Waals surface area contributed by atoms with Crippen LogP contribution in [0.4, 0.5) is 20.2 Å². The van der Waals surface area contributed by atoms with Crippen LogP contribution in [0.5, 0.6) is 0 Å². The molecule has 0 fully saturated rings. The molecule has 2 nitrogen and oxygen atoms in total. The van der Waals surface area contributed by atoms with E-state index in [2.05, 4.69) is 10.3 Å². The topological polar surface area (TPSA) is 24.9 Å². The van der Waals surface area contributed by atoms with E-state index in [1.54, 1.807) is 25.1 Å². The first kappa shape index (κ1) is 13.9. The van der Waals surface area contributed by atoms with Crippen LogP contribution in [0.2, 0.25) is 0 Å². The Morgan fingerprint density at radius 1 is 1.16 bits per heavy atom. The number of hydrogen-bond donors (Lipinski definition) is 1. The Kier molecular flexibility index (Phi) is 4.11. The summed E-state index contributed by atoms with van der Waals surface area (Å²) in [5.41, 5.74) is 1.35. The summed E-state index contributed by atoms with van der Waals surface area (Å²) >= 11 is 0. The van der Waals surface area contributed by atoms with Gasteiger partial charge in [0.15, 0.2) is 0 Å². The van der Waals surface area contributed by atoms with Gasteiger partial charge < -0.3 is 5.32 Å². The van der Waals surface area contributed by atoms with E-state index in [9.17, 15) is 8.78 Å². The maximum absolute atomic E-state index is 13.8. The molecule has 0 amide bonds. The Bertz CT molecular complexity index is 600. The molecule has 0 bridgehead atoms. The number of pyridine rings is 1. The van der Waals surface area contributed by atoms with Gasteiger partial charge in [0.2, 0.25) is 5.95 Å². The minimum Gasteiger partial charge on any atom is -0.349 e. The summed E-state index contributed by atoms with van der Waals surface area (Å²) in [5.74, 6) is -1.00. The number of nitrogens with zero attached hydrogens (tertiary/aromatic N) is 1. The van der Waals surface area contributed by atoms with E-state index in [4.69, 9.17) is 0 Å². The monoisotopic (exact) mass is 280 g/mol. The molecule has 0 aliphatic heterocycles. The number of benzene rings is 1. The molecule has 1 N–H and O–H groups in total. The van der Waals surface area contributed by atoms with Crippen molar-refractivity contribution in [1.29, 1.82) is 0 Å². The predicted octanol–water partition coefficient (Wildman–Crippen LogP) is 3.78. The first-order valence-electron chi connectivity index (χ1n) is 5.84. The van der Waals surface area contributed by atoms with Gasteiger partial charge in [-0.25, -0.2) is 9.37 Å². The second kappa shape index (κ2) is 5.62. The molecular weight excluding hydrogens is 265 g/mol.